The first kappa shape index (κ1) is 16.3. The van der Waals surface area contributed by atoms with Crippen molar-refractivity contribution in [3.05, 3.63) is 39.0 Å². The van der Waals surface area contributed by atoms with Crippen LogP contribution in [-0.2, 0) is 16.6 Å². The minimum absolute atomic E-state index is 0.0723. The Morgan fingerprint density at radius 1 is 1.38 bits per heavy atom. The van der Waals surface area contributed by atoms with Gasteiger partial charge >= 0.3 is 0 Å². The highest BCUT2D eigenvalue weighted by molar-refractivity contribution is 9.10. The van der Waals surface area contributed by atoms with E-state index in [0.717, 1.165) is 9.35 Å². The van der Waals surface area contributed by atoms with Crippen molar-refractivity contribution in [1.82, 2.24) is 4.31 Å². The standard InChI is InChI=1S/C13H15BrN2O3S2/c1-16(7-11-5-9(14)8-20-11)21(17,18)13-6-10(15)3-4-12(13)19-2/h3-6,8H,7,15H2,1-2H3. The molecule has 0 fully saturated rings. The number of ether oxygens (including phenoxy) is 1. The van der Waals surface area contributed by atoms with Gasteiger partial charge in [0.15, 0.2) is 0 Å². The van der Waals surface area contributed by atoms with Gasteiger partial charge in [0.2, 0.25) is 10.0 Å². The highest BCUT2D eigenvalue weighted by Gasteiger charge is 2.25. The number of thiophene rings is 1. The zero-order chi connectivity index (χ0) is 15.6. The second-order valence-corrected chi connectivity index (χ2v) is 8.33. The van der Waals surface area contributed by atoms with Gasteiger partial charge in [0, 0.05) is 34.0 Å². The minimum atomic E-state index is -3.67. The van der Waals surface area contributed by atoms with E-state index < -0.39 is 10.0 Å². The first-order valence-corrected chi connectivity index (χ1v) is 9.08. The lowest BCUT2D eigenvalue weighted by Crippen LogP contribution is -2.26. The molecule has 2 N–H and O–H groups in total. The van der Waals surface area contributed by atoms with E-state index in [4.69, 9.17) is 10.5 Å². The Labute approximate surface area is 136 Å². The molecule has 0 aliphatic heterocycles. The monoisotopic (exact) mass is 390 g/mol. The largest absolute Gasteiger partial charge is 0.495 e. The van der Waals surface area contributed by atoms with Gasteiger partial charge < -0.3 is 10.5 Å². The van der Waals surface area contributed by atoms with Gasteiger partial charge in [-0.15, -0.1) is 11.3 Å². The smallest absolute Gasteiger partial charge is 0.246 e. The van der Waals surface area contributed by atoms with Crippen molar-refractivity contribution < 1.29 is 13.2 Å². The second kappa shape index (κ2) is 6.35. The summed E-state index contributed by atoms with van der Waals surface area (Å²) in [5.41, 5.74) is 6.07. The molecule has 1 aromatic carbocycles. The lowest BCUT2D eigenvalue weighted by molar-refractivity contribution is 0.398. The molecule has 5 nitrogen and oxygen atoms in total. The Balaban J connectivity index is 2.35. The fourth-order valence-electron chi connectivity index (χ4n) is 1.80. The summed E-state index contributed by atoms with van der Waals surface area (Å²) in [6, 6.07) is 6.47. The topological polar surface area (TPSA) is 72.6 Å². The SMILES string of the molecule is COc1ccc(N)cc1S(=O)(=O)N(C)Cc1cc(Br)cs1. The quantitative estimate of drug-likeness (QED) is 0.796. The van der Waals surface area contributed by atoms with E-state index in [2.05, 4.69) is 15.9 Å². The van der Waals surface area contributed by atoms with Crippen LogP contribution in [0.4, 0.5) is 5.69 Å². The number of anilines is 1. The average molecular weight is 391 g/mol. The molecule has 0 bridgehead atoms. The van der Waals surface area contributed by atoms with E-state index in [-0.39, 0.29) is 17.2 Å². The van der Waals surface area contributed by atoms with Crippen LogP contribution in [0, 0.1) is 0 Å². The average Bonchev–Trinajstić information content (AvgIpc) is 2.84. The van der Waals surface area contributed by atoms with Crippen LogP contribution >= 0.6 is 27.3 Å². The fourth-order valence-corrected chi connectivity index (χ4v) is 4.72. The van der Waals surface area contributed by atoms with E-state index in [0.29, 0.717) is 5.69 Å². The molecule has 0 unspecified atom stereocenters. The van der Waals surface area contributed by atoms with Crippen LogP contribution < -0.4 is 10.5 Å². The van der Waals surface area contributed by atoms with Gasteiger partial charge in [-0.25, -0.2) is 8.42 Å². The first-order valence-electron chi connectivity index (χ1n) is 5.97. The van der Waals surface area contributed by atoms with Crippen LogP contribution in [0.5, 0.6) is 5.75 Å². The number of methoxy groups -OCH3 is 1. The summed E-state index contributed by atoms with van der Waals surface area (Å²) in [7, 11) is -0.709. The molecule has 0 aliphatic carbocycles. The van der Waals surface area contributed by atoms with Crippen LogP contribution in [0.3, 0.4) is 0 Å². The van der Waals surface area contributed by atoms with E-state index in [9.17, 15) is 8.42 Å². The van der Waals surface area contributed by atoms with Crippen molar-refractivity contribution in [2.45, 2.75) is 11.4 Å². The lowest BCUT2D eigenvalue weighted by Gasteiger charge is -2.18. The molecule has 2 aromatic rings. The van der Waals surface area contributed by atoms with Crippen molar-refractivity contribution in [2.75, 3.05) is 19.9 Å². The van der Waals surface area contributed by atoms with Gasteiger partial charge in [-0.2, -0.15) is 4.31 Å². The van der Waals surface area contributed by atoms with Crippen LogP contribution in [-0.4, -0.2) is 26.9 Å². The third kappa shape index (κ3) is 3.57. The predicted octanol–water partition coefficient (Wildman–Crippen LogP) is 2.92. The van der Waals surface area contributed by atoms with Crippen molar-refractivity contribution in [3.8, 4) is 5.75 Å². The summed E-state index contributed by atoms with van der Waals surface area (Å²) >= 11 is 4.85. The number of rotatable bonds is 5. The normalized spacial score (nSPS) is 11.8. The third-order valence-corrected chi connectivity index (χ3v) is 6.38. The molecule has 0 saturated carbocycles. The number of hydrogen-bond acceptors (Lipinski definition) is 5. The molecular weight excluding hydrogens is 376 g/mol. The second-order valence-electron chi connectivity index (χ2n) is 4.40. The number of hydrogen-bond donors (Lipinski definition) is 1. The number of nitrogens with zero attached hydrogens (tertiary/aromatic N) is 1. The molecule has 0 saturated heterocycles. The van der Waals surface area contributed by atoms with Gasteiger partial charge in [-0.05, 0) is 40.2 Å². The van der Waals surface area contributed by atoms with E-state index in [1.165, 1.54) is 35.9 Å². The highest BCUT2D eigenvalue weighted by atomic mass is 79.9. The lowest BCUT2D eigenvalue weighted by atomic mass is 10.3. The minimum Gasteiger partial charge on any atom is -0.495 e. The molecule has 0 atom stereocenters. The fraction of sp³-hybridized carbons (Fsp3) is 0.231. The number of sulfonamides is 1. The van der Waals surface area contributed by atoms with Gasteiger partial charge in [0.1, 0.15) is 10.6 Å². The van der Waals surface area contributed by atoms with Crippen molar-refractivity contribution in [3.63, 3.8) is 0 Å². The molecule has 0 spiro atoms. The van der Waals surface area contributed by atoms with E-state index in [1.54, 1.807) is 12.1 Å². The maximum atomic E-state index is 12.7. The summed E-state index contributed by atoms with van der Waals surface area (Å²) in [5.74, 6) is 0.281. The molecule has 114 valence electrons. The molecule has 1 aromatic heterocycles. The van der Waals surface area contributed by atoms with Gasteiger partial charge in [-0.1, -0.05) is 0 Å². The Morgan fingerprint density at radius 3 is 2.67 bits per heavy atom. The number of nitrogen functional groups attached to an aromatic ring is 1. The molecular formula is C13H15BrN2O3S2. The summed E-state index contributed by atoms with van der Waals surface area (Å²) in [5, 5.41) is 1.91. The molecule has 0 aliphatic rings. The molecule has 0 amide bonds. The van der Waals surface area contributed by atoms with Crippen LogP contribution in [0.2, 0.25) is 0 Å². The Bertz CT molecular complexity index is 744. The van der Waals surface area contributed by atoms with Crippen molar-refractivity contribution in [1.29, 1.82) is 0 Å². The summed E-state index contributed by atoms with van der Waals surface area (Å²) in [6.45, 7) is 0.288. The van der Waals surface area contributed by atoms with Crippen molar-refractivity contribution in [2.24, 2.45) is 0 Å². The van der Waals surface area contributed by atoms with Gasteiger partial charge in [0.05, 0.1) is 7.11 Å². The first-order chi connectivity index (χ1) is 9.84. The molecule has 0 radical (unpaired) electrons. The predicted molar refractivity (Wildman–Crippen MR) is 88.1 cm³/mol. The summed E-state index contributed by atoms with van der Waals surface area (Å²) in [4.78, 5) is 1.01. The molecule has 2 rings (SSSR count). The zero-order valence-electron chi connectivity index (χ0n) is 11.5. The number of nitrogens with two attached hydrogens (primary N) is 1. The van der Waals surface area contributed by atoms with Crippen LogP contribution in [0.25, 0.3) is 0 Å². The zero-order valence-corrected chi connectivity index (χ0v) is 14.8. The van der Waals surface area contributed by atoms with E-state index >= 15 is 0 Å². The molecule has 8 heteroatoms. The summed E-state index contributed by atoms with van der Waals surface area (Å²) < 4.78 is 32.7. The van der Waals surface area contributed by atoms with Crippen LogP contribution in [0.1, 0.15) is 4.88 Å². The Morgan fingerprint density at radius 2 is 2.10 bits per heavy atom. The van der Waals surface area contributed by atoms with E-state index in [1.807, 2.05) is 11.4 Å². The van der Waals surface area contributed by atoms with Gasteiger partial charge in [-0.3, -0.25) is 0 Å². The van der Waals surface area contributed by atoms with Crippen LogP contribution in [0.15, 0.2) is 39.0 Å². The molecule has 21 heavy (non-hydrogen) atoms. The Hall–Kier alpha value is -1.09. The summed E-state index contributed by atoms with van der Waals surface area (Å²) in [6.07, 6.45) is 0. The van der Waals surface area contributed by atoms with Gasteiger partial charge in [0.25, 0.3) is 0 Å². The maximum absolute atomic E-state index is 12.7. The maximum Gasteiger partial charge on any atom is 0.246 e. The highest BCUT2D eigenvalue weighted by Crippen LogP contribution is 2.30. The third-order valence-electron chi connectivity index (χ3n) is 2.88. The Kier molecular flexibility index (Phi) is 4.92. The number of benzene rings is 1. The molecule has 1 heterocycles. The number of halogens is 1. The van der Waals surface area contributed by atoms with Crippen molar-refractivity contribution >= 4 is 43.0 Å².